The summed E-state index contributed by atoms with van der Waals surface area (Å²) >= 11 is 0. The van der Waals surface area contributed by atoms with Crippen LogP contribution in [0.25, 0.3) is 0 Å². The molecule has 5 nitrogen and oxygen atoms in total. The highest BCUT2D eigenvalue weighted by Crippen LogP contribution is 2.14. The maximum absolute atomic E-state index is 11.7. The Bertz CT molecular complexity index is 265. The van der Waals surface area contributed by atoms with E-state index in [1.165, 1.54) is 19.4 Å². The van der Waals surface area contributed by atoms with E-state index in [4.69, 9.17) is 4.74 Å². The van der Waals surface area contributed by atoms with Gasteiger partial charge in [0.2, 0.25) is 5.91 Å². The third-order valence-electron chi connectivity index (χ3n) is 3.97. The molecule has 2 fully saturated rings. The largest absolute Gasteiger partial charge is 0.375 e. The van der Waals surface area contributed by atoms with Gasteiger partial charge >= 0.3 is 0 Å². The lowest BCUT2D eigenvalue weighted by molar-refractivity contribution is -0.136. The number of carbonyl (C=O) groups is 1. The summed E-state index contributed by atoms with van der Waals surface area (Å²) in [6.45, 7) is 7.48. The van der Waals surface area contributed by atoms with Crippen molar-refractivity contribution in [2.45, 2.75) is 12.8 Å². The van der Waals surface area contributed by atoms with Crippen LogP contribution in [0.5, 0.6) is 0 Å². The number of amides is 1. The fourth-order valence-electron chi connectivity index (χ4n) is 2.82. The maximum Gasteiger partial charge on any atom is 0.248 e. The van der Waals surface area contributed by atoms with Gasteiger partial charge in [0.25, 0.3) is 0 Å². The Morgan fingerprint density at radius 2 is 1.84 bits per heavy atom. The molecule has 2 heterocycles. The monoisotopic (exact) mass is 291 g/mol. The van der Waals surface area contributed by atoms with Crippen molar-refractivity contribution in [2.75, 3.05) is 59.5 Å². The fraction of sp³-hybridized carbons (Fsp3) is 0.923. The molecule has 0 radical (unpaired) electrons. The van der Waals surface area contributed by atoms with Crippen LogP contribution < -0.4 is 5.32 Å². The van der Waals surface area contributed by atoms with Crippen molar-refractivity contribution in [1.29, 1.82) is 0 Å². The van der Waals surface area contributed by atoms with Gasteiger partial charge in [-0.2, -0.15) is 0 Å². The SMILES string of the molecule is COCC(=O)N1CCN(CC2CCNCC2)CC1.Cl. The van der Waals surface area contributed by atoms with E-state index in [-0.39, 0.29) is 24.9 Å². The molecule has 2 aliphatic rings. The van der Waals surface area contributed by atoms with E-state index in [0.717, 1.165) is 45.2 Å². The van der Waals surface area contributed by atoms with E-state index < -0.39 is 0 Å². The third-order valence-corrected chi connectivity index (χ3v) is 3.97. The van der Waals surface area contributed by atoms with Crippen LogP contribution in [0.2, 0.25) is 0 Å². The van der Waals surface area contributed by atoms with Crippen molar-refractivity contribution < 1.29 is 9.53 Å². The van der Waals surface area contributed by atoms with Crippen molar-refractivity contribution in [3.63, 3.8) is 0 Å². The second-order valence-electron chi connectivity index (χ2n) is 5.31. The van der Waals surface area contributed by atoms with Crippen LogP contribution >= 0.6 is 12.4 Å². The zero-order valence-corrected chi connectivity index (χ0v) is 12.6. The number of halogens is 1. The summed E-state index contributed by atoms with van der Waals surface area (Å²) in [5, 5.41) is 3.40. The van der Waals surface area contributed by atoms with Gasteiger partial charge in [0.15, 0.2) is 0 Å². The Morgan fingerprint density at radius 1 is 1.21 bits per heavy atom. The van der Waals surface area contributed by atoms with E-state index >= 15 is 0 Å². The highest BCUT2D eigenvalue weighted by atomic mass is 35.5. The first-order valence-corrected chi connectivity index (χ1v) is 6.99. The third kappa shape index (κ3) is 5.26. The zero-order valence-electron chi connectivity index (χ0n) is 11.8. The summed E-state index contributed by atoms with van der Waals surface area (Å²) < 4.78 is 4.89. The highest BCUT2D eigenvalue weighted by Gasteiger charge is 2.23. The van der Waals surface area contributed by atoms with Crippen LogP contribution in [0, 0.1) is 5.92 Å². The number of carbonyl (C=O) groups excluding carboxylic acids is 1. The molecule has 2 saturated heterocycles. The van der Waals surface area contributed by atoms with Gasteiger partial charge in [-0.05, 0) is 31.8 Å². The summed E-state index contributed by atoms with van der Waals surface area (Å²) in [7, 11) is 1.57. The first-order chi connectivity index (χ1) is 8.79. The van der Waals surface area contributed by atoms with Crippen LogP contribution in [0.1, 0.15) is 12.8 Å². The molecule has 6 heteroatoms. The minimum atomic E-state index is 0. The van der Waals surface area contributed by atoms with Gasteiger partial charge in [-0.3, -0.25) is 9.69 Å². The minimum absolute atomic E-state index is 0. The Hall–Kier alpha value is -0.360. The molecule has 0 aromatic carbocycles. The number of piperazine rings is 1. The lowest BCUT2D eigenvalue weighted by Crippen LogP contribution is -2.51. The summed E-state index contributed by atoms with van der Waals surface area (Å²) in [5.41, 5.74) is 0. The van der Waals surface area contributed by atoms with Crippen LogP contribution in [0.3, 0.4) is 0 Å². The number of rotatable bonds is 4. The van der Waals surface area contributed by atoms with E-state index in [2.05, 4.69) is 10.2 Å². The lowest BCUT2D eigenvalue weighted by atomic mass is 9.97. The fourth-order valence-corrected chi connectivity index (χ4v) is 2.82. The smallest absolute Gasteiger partial charge is 0.248 e. The first kappa shape index (κ1) is 16.7. The topological polar surface area (TPSA) is 44.8 Å². The van der Waals surface area contributed by atoms with Crippen molar-refractivity contribution in [3.8, 4) is 0 Å². The first-order valence-electron chi connectivity index (χ1n) is 6.99. The Labute approximate surface area is 122 Å². The van der Waals surface area contributed by atoms with Crippen LogP contribution in [0.15, 0.2) is 0 Å². The molecule has 0 unspecified atom stereocenters. The molecule has 1 amide bonds. The van der Waals surface area contributed by atoms with Crippen LogP contribution in [0.4, 0.5) is 0 Å². The van der Waals surface area contributed by atoms with Crippen molar-refractivity contribution >= 4 is 18.3 Å². The molecule has 2 aliphatic heterocycles. The Kier molecular flexibility index (Phi) is 7.68. The molecule has 0 atom stereocenters. The van der Waals surface area contributed by atoms with Gasteiger partial charge in [-0.1, -0.05) is 0 Å². The van der Waals surface area contributed by atoms with Crippen molar-refractivity contribution in [3.05, 3.63) is 0 Å². The van der Waals surface area contributed by atoms with E-state index in [1.807, 2.05) is 4.90 Å². The molecule has 0 aromatic rings. The number of ether oxygens (including phenoxy) is 1. The van der Waals surface area contributed by atoms with E-state index in [1.54, 1.807) is 7.11 Å². The van der Waals surface area contributed by atoms with E-state index in [0.29, 0.717) is 0 Å². The van der Waals surface area contributed by atoms with Gasteiger partial charge in [0.05, 0.1) is 0 Å². The molecular formula is C13H26ClN3O2. The molecule has 0 aromatic heterocycles. The molecule has 112 valence electrons. The highest BCUT2D eigenvalue weighted by molar-refractivity contribution is 5.85. The maximum atomic E-state index is 11.7. The molecule has 2 rings (SSSR count). The minimum Gasteiger partial charge on any atom is -0.375 e. The second-order valence-corrected chi connectivity index (χ2v) is 5.31. The summed E-state index contributed by atoms with van der Waals surface area (Å²) in [4.78, 5) is 16.1. The summed E-state index contributed by atoms with van der Waals surface area (Å²) in [5.74, 6) is 0.964. The average Bonchev–Trinajstić information content (AvgIpc) is 2.41. The molecule has 0 bridgehead atoms. The molecule has 0 aliphatic carbocycles. The molecule has 1 N–H and O–H groups in total. The lowest BCUT2D eigenvalue weighted by Gasteiger charge is -2.37. The van der Waals surface area contributed by atoms with Gasteiger partial charge in [-0.15, -0.1) is 12.4 Å². The Morgan fingerprint density at radius 3 is 2.42 bits per heavy atom. The van der Waals surface area contributed by atoms with Gasteiger partial charge in [0.1, 0.15) is 6.61 Å². The standard InChI is InChI=1S/C13H25N3O2.ClH/c1-18-11-13(17)16-8-6-15(7-9-16)10-12-2-4-14-5-3-12;/h12,14H,2-11H2,1H3;1H. The molecule has 0 saturated carbocycles. The number of hydrogen-bond acceptors (Lipinski definition) is 4. The molecule has 19 heavy (non-hydrogen) atoms. The van der Waals surface area contributed by atoms with Gasteiger partial charge < -0.3 is 15.0 Å². The Balaban J connectivity index is 0.00000180. The number of methoxy groups -OCH3 is 1. The number of hydrogen-bond donors (Lipinski definition) is 1. The van der Waals surface area contributed by atoms with Crippen molar-refractivity contribution in [2.24, 2.45) is 5.92 Å². The predicted octanol–water partition coefficient (Wildman–Crippen LogP) is 0.198. The summed E-state index contributed by atoms with van der Waals surface area (Å²) in [6, 6.07) is 0. The number of piperidine rings is 1. The van der Waals surface area contributed by atoms with E-state index in [9.17, 15) is 4.79 Å². The summed E-state index contributed by atoms with van der Waals surface area (Å²) in [6.07, 6.45) is 2.59. The molecule has 0 spiro atoms. The van der Waals surface area contributed by atoms with Gasteiger partial charge in [-0.25, -0.2) is 0 Å². The van der Waals surface area contributed by atoms with Gasteiger partial charge in [0, 0.05) is 39.8 Å². The second kappa shape index (κ2) is 8.74. The zero-order chi connectivity index (χ0) is 12.8. The average molecular weight is 292 g/mol. The quantitative estimate of drug-likeness (QED) is 0.804. The predicted molar refractivity (Wildman–Crippen MR) is 77.7 cm³/mol. The van der Waals surface area contributed by atoms with Crippen LogP contribution in [-0.4, -0.2) is 75.2 Å². The normalized spacial score (nSPS) is 22.1. The van der Waals surface area contributed by atoms with Crippen LogP contribution in [-0.2, 0) is 9.53 Å². The van der Waals surface area contributed by atoms with Crippen molar-refractivity contribution in [1.82, 2.24) is 15.1 Å². The number of nitrogens with zero attached hydrogens (tertiary/aromatic N) is 2. The number of nitrogens with one attached hydrogen (secondary N) is 1. The molecular weight excluding hydrogens is 266 g/mol.